The van der Waals surface area contributed by atoms with Crippen LogP contribution in [0.15, 0.2) is 55.0 Å². The predicted octanol–water partition coefficient (Wildman–Crippen LogP) is 2.50. The van der Waals surface area contributed by atoms with Crippen molar-refractivity contribution in [3.63, 3.8) is 0 Å². The fraction of sp³-hybridized carbons (Fsp3) is 0.280. The highest BCUT2D eigenvalue weighted by Gasteiger charge is 2.24. The number of anilines is 2. The molecule has 0 atom stereocenters. The number of para-hydroxylation sites is 1. The van der Waals surface area contributed by atoms with Gasteiger partial charge in [-0.1, -0.05) is 18.2 Å². The maximum Gasteiger partial charge on any atom is 0.229 e. The van der Waals surface area contributed by atoms with E-state index < -0.39 is 0 Å². The molecular formula is C25H26N8O2. The van der Waals surface area contributed by atoms with Crippen LogP contribution in [0.25, 0.3) is 27.9 Å². The van der Waals surface area contributed by atoms with Crippen LogP contribution >= 0.6 is 0 Å². The van der Waals surface area contributed by atoms with Gasteiger partial charge in [-0.3, -0.25) is 0 Å². The number of aliphatic hydroxyl groups excluding tert-OH is 1. The number of hydrogen-bond acceptors (Lipinski definition) is 8. The van der Waals surface area contributed by atoms with Crippen molar-refractivity contribution in [1.29, 1.82) is 0 Å². The van der Waals surface area contributed by atoms with Crippen molar-refractivity contribution >= 4 is 33.7 Å². The highest BCUT2D eigenvalue weighted by molar-refractivity contribution is 5.85. The van der Waals surface area contributed by atoms with Gasteiger partial charge in [0.15, 0.2) is 17.0 Å². The van der Waals surface area contributed by atoms with Gasteiger partial charge >= 0.3 is 0 Å². The molecule has 10 heteroatoms. The minimum absolute atomic E-state index is 0.00441. The van der Waals surface area contributed by atoms with Gasteiger partial charge in [0.05, 0.1) is 24.6 Å². The predicted molar refractivity (Wildman–Crippen MR) is 134 cm³/mol. The maximum atomic E-state index is 9.86. The van der Waals surface area contributed by atoms with E-state index in [0.717, 1.165) is 48.3 Å². The zero-order chi connectivity index (χ0) is 23.9. The molecule has 2 N–H and O–H groups in total. The fourth-order valence-corrected chi connectivity index (χ4v) is 4.62. The van der Waals surface area contributed by atoms with Crippen molar-refractivity contribution in [2.24, 2.45) is 0 Å². The summed E-state index contributed by atoms with van der Waals surface area (Å²) < 4.78 is 3.67. The molecule has 2 aromatic carbocycles. The lowest BCUT2D eigenvalue weighted by Crippen LogP contribution is -2.47. The number of imidazole rings is 1. The molecular weight excluding hydrogens is 444 g/mol. The molecule has 0 aliphatic carbocycles. The van der Waals surface area contributed by atoms with Gasteiger partial charge in [0.2, 0.25) is 5.95 Å². The fourth-order valence-electron chi connectivity index (χ4n) is 4.62. The lowest BCUT2D eigenvalue weighted by molar-refractivity contribution is 0.277. The monoisotopic (exact) mass is 470 g/mol. The van der Waals surface area contributed by atoms with Crippen LogP contribution in [-0.4, -0.2) is 72.3 Å². The average molecular weight is 471 g/mol. The summed E-state index contributed by atoms with van der Waals surface area (Å²) in [4.78, 5) is 18.9. The molecule has 1 saturated heterocycles. The summed E-state index contributed by atoms with van der Waals surface area (Å²) in [5.41, 5.74) is 4.24. The number of aromatic nitrogens is 6. The Morgan fingerprint density at radius 1 is 0.971 bits per heavy atom. The third kappa shape index (κ3) is 3.71. The summed E-state index contributed by atoms with van der Waals surface area (Å²) in [6, 6.07) is 13.7. The van der Waals surface area contributed by atoms with Crippen molar-refractivity contribution in [2.45, 2.75) is 13.5 Å². The molecule has 35 heavy (non-hydrogen) atoms. The van der Waals surface area contributed by atoms with Crippen molar-refractivity contribution in [3.05, 3.63) is 60.6 Å². The van der Waals surface area contributed by atoms with Crippen LogP contribution in [0.3, 0.4) is 0 Å². The summed E-state index contributed by atoms with van der Waals surface area (Å²) in [5, 5.41) is 25.0. The first kappa shape index (κ1) is 21.4. The van der Waals surface area contributed by atoms with Gasteiger partial charge in [-0.2, -0.15) is 15.1 Å². The zero-order valence-electron chi connectivity index (χ0n) is 19.4. The third-order valence-corrected chi connectivity index (χ3v) is 6.56. The van der Waals surface area contributed by atoms with E-state index in [9.17, 15) is 10.2 Å². The van der Waals surface area contributed by atoms with Gasteiger partial charge in [-0.15, -0.1) is 0 Å². The van der Waals surface area contributed by atoms with E-state index in [1.165, 1.54) is 0 Å². The van der Waals surface area contributed by atoms with E-state index in [1.54, 1.807) is 12.4 Å². The Bertz CT molecular complexity index is 1520. The van der Waals surface area contributed by atoms with E-state index in [2.05, 4.69) is 19.9 Å². The second kappa shape index (κ2) is 8.55. The molecule has 0 saturated carbocycles. The van der Waals surface area contributed by atoms with E-state index in [4.69, 9.17) is 9.97 Å². The quantitative estimate of drug-likeness (QED) is 0.403. The normalized spacial score (nSPS) is 14.3. The molecule has 0 radical (unpaired) electrons. The maximum absolute atomic E-state index is 9.86. The summed E-state index contributed by atoms with van der Waals surface area (Å²) in [7, 11) is 0. The highest BCUT2D eigenvalue weighted by Crippen LogP contribution is 2.27. The molecule has 0 amide bonds. The minimum Gasteiger partial charge on any atom is -0.508 e. The first-order valence-electron chi connectivity index (χ1n) is 11.7. The molecule has 5 aromatic rings. The Morgan fingerprint density at radius 3 is 2.57 bits per heavy atom. The molecule has 0 bridgehead atoms. The number of fused-ring (bicyclic) bond motifs is 2. The zero-order valence-corrected chi connectivity index (χ0v) is 19.4. The Kier molecular flexibility index (Phi) is 5.22. The van der Waals surface area contributed by atoms with Crippen molar-refractivity contribution < 1.29 is 10.2 Å². The second-order valence-electron chi connectivity index (χ2n) is 8.74. The summed E-state index contributed by atoms with van der Waals surface area (Å²) in [5.74, 6) is 1.56. The number of benzene rings is 2. The molecule has 1 fully saturated rings. The Morgan fingerprint density at radius 2 is 1.77 bits per heavy atom. The second-order valence-corrected chi connectivity index (χ2v) is 8.74. The number of nitrogens with zero attached hydrogens (tertiary/aromatic N) is 8. The minimum atomic E-state index is -0.00441. The number of aliphatic hydroxyl groups is 1. The smallest absolute Gasteiger partial charge is 0.229 e. The third-order valence-electron chi connectivity index (χ3n) is 6.56. The lowest BCUT2D eigenvalue weighted by atomic mass is 10.1. The van der Waals surface area contributed by atoms with Crippen molar-refractivity contribution in [3.8, 4) is 11.6 Å². The standard InChI is InChI=1S/C25H26N8O2/c1-17-14-19(6-7-21(17)35)30-8-10-31(11-9-30)25-28-23-22(26-16-32(23)12-13-34)24(29-25)33-20-5-3-2-4-18(20)15-27-33/h2-7,14-16,34-35H,8-13H2,1H3. The number of aromatic hydroxyl groups is 1. The molecule has 10 nitrogen and oxygen atoms in total. The van der Waals surface area contributed by atoms with Gasteiger partial charge in [0.1, 0.15) is 5.75 Å². The van der Waals surface area contributed by atoms with Crippen molar-refractivity contribution in [2.75, 3.05) is 42.6 Å². The Hall–Kier alpha value is -4.18. The molecule has 4 heterocycles. The molecule has 3 aromatic heterocycles. The Balaban J connectivity index is 1.37. The van der Waals surface area contributed by atoms with E-state index >= 15 is 0 Å². The molecule has 0 unspecified atom stereocenters. The SMILES string of the molecule is Cc1cc(N2CCN(c3nc(-n4ncc5ccccc54)c4ncn(CCO)c4n3)CC2)ccc1O. The average Bonchev–Trinajstić information content (AvgIpc) is 3.50. The van der Waals surface area contributed by atoms with Crippen LogP contribution in [0.1, 0.15) is 5.56 Å². The Labute approximate surface area is 201 Å². The molecule has 1 aliphatic rings. The number of hydrogen-bond donors (Lipinski definition) is 2. The molecule has 6 rings (SSSR count). The summed E-state index contributed by atoms with van der Waals surface area (Å²) >= 11 is 0. The number of rotatable bonds is 5. The number of phenols is 1. The molecule has 178 valence electrons. The van der Waals surface area contributed by atoms with Gasteiger partial charge < -0.3 is 24.6 Å². The van der Waals surface area contributed by atoms with E-state index in [0.29, 0.717) is 35.2 Å². The first-order chi connectivity index (χ1) is 17.1. The largest absolute Gasteiger partial charge is 0.508 e. The van der Waals surface area contributed by atoms with Crippen LogP contribution in [-0.2, 0) is 6.54 Å². The number of phenolic OH excluding ortho intramolecular Hbond substituents is 1. The van der Waals surface area contributed by atoms with Crippen molar-refractivity contribution in [1.82, 2.24) is 29.3 Å². The van der Waals surface area contributed by atoms with Crippen LogP contribution < -0.4 is 9.80 Å². The lowest BCUT2D eigenvalue weighted by Gasteiger charge is -2.36. The van der Waals surface area contributed by atoms with Gasteiger partial charge in [-0.25, -0.2) is 9.67 Å². The van der Waals surface area contributed by atoms with Crippen LogP contribution in [0.5, 0.6) is 5.75 Å². The topological polar surface area (TPSA) is 108 Å². The molecule has 1 aliphatic heterocycles. The van der Waals surface area contributed by atoms with Gasteiger partial charge in [-0.05, 0) is 36.8 Å². The van der Waals surface area contributed by atoms with Gasteiger partial charge in [0, 0.05) is 43.8 Å². The summed E-state index contributed by atoms with van der Waals surface area (Å²) in [6.45, 7) is 5.42. The molecule has 0 spiro atoms. The van der Waals surface area contributed by atoms with E-state index in [-0.39, 0.29) is 6.61 Å². The van der Waals surface area contributed by atoms with E-state index in [1.807, 2.05) is 58.8 Å². The summed E-state index contributed by atoms with van der Waals surface area (Å²) in [6.07, 6.45) is 3.52. The van der Waals surface area contributed by atoms with Crippen LogP contribution in [0.4, 0.5) is 11.6 Å². The van der Waals surface area contributed by atoms with Gasteiger partial charge in [0.25, 0.3) is 0 Å². The number of aryl methyl sites for hydroxylation is 1. The first-order valence-corrected chi connectivity index (χ1v) is 11.7. The van der Waals surface area contributed by atoms with Crippen LogP contribution in [0, 0.1) is 6.92 Å². The van der Waals surface area contributed by atoms with Crippen LogP contribution in [0.2, 0.25) is 0 Å². The number of piperazine rings is 1. The highest BCUT2D eigenvalue weighted by atomic mass is 16.3.